The summed E-state index contributed by atoms with van der Waals surface area (Å²) in [4.78, 5) is 23.2. The number of hydrogen-bond donors (Lipinski definition) is 1. The predicted octanol–water partition coefficient (Wildman–Crippen LogP) is 1.90. The molecule has 0 unspecified atom stereocenters. The summed E-state index contributed by atoms with van der Waals surface area (Å²) in [5, 5.41) is 8.79. The minimum atomic E-state index is -0.930. The maximum Gasteiger partial charge on any atom is 0.311 e. The summed E-state index contributed by atoms with van der Waals surface area (Å²) in [7, 11) is 0. The third kappa shape index (κ3) is 3.85. The van der Waals surface area contributed by atoms with E-state index >= 15 is 0 Å². The maximum atomic E-state index is 10.7. The van der Waals surface area contributed by atoms with Gasteiger partial charge in [-0.1, -0.05) is 24.3 Å². The van der Waals surface area contributed by atoms with Crippen LogP contribution in [0.5, 0.6) is 0 Å². The minimum Gasteiger partial charge on any atom is -0.481 e. The molecule has 5 heteroatoms. The third-order valence-corrected chi connectivity index (χ3v) is 3.03. The molecule has 0 spiro atoms. The molecule has 0 aliphatic rings. The van der Waals surface area contributed by atoms with Gasteiger partial charge >= 0.3 is 5.97 Å². The number of aromatic nitrogens is 3. The highest BCUT2D eigenvalue weighted by atomic mass is 16.4. The normalized spacial score (nSPS) is 10.5. The van der Waals surface area contributed by atoms with Crippen molar-refractivity contribution >= 4 is 5.97 Å². The Morgan fingerprint density at radius 3 is 2.45 bits per heavy atom. The van der Waals surface area contributed by atoms with Crippen LogP contribution in [0.3, 0.4) is 0 Å². The number of aryl methyl sites for hydroxylation is 4. The SMILES string of the molecule is Cc1nc(CCc2ccccc2C)nc(CC(=O)O)n1. The molecule has 2 aromatic rings. The second-order valence-electron chi connectivity index (χ2n) is 4.71. The van der Waals surface area contributed by atoms with Crippen molar-refractivity contribution in [2.45, 2.75) is 33.1 Å². The van der Waals surface area contributed by atoms with E-state index in [0.29, 0.717) is 23.9 Å². The lowest BCUT2D eigenvalue weighted by Gasteiger charge is -2.06. The fourth-order valence-corrected chi connectivity index (χ4v) is 2.06. The van der Waals surface area contributed by atoms with Crippen LogP contribution in [-0.2, 0) is 24.1 Å². The zero-order chi connectivity index (χ0) is 14.5. The summed E-state index contributed by atoms with van der Waals surface area (Å²) >= 11 is 0. The van der Waals surface area contributed by atoms with Crippen molar-refractivity contribution in [3.8, 4) is 0 Å². The van der Waals surface area contributed by atoms with Gasteiger partial charge in [0.1, 0.15) is 23.9 Å². The molecule has 2 rings (SSSR count). The molecular weight excluding hydrogens is 254 g/mol. The predicted molar refractivity (Wildman–Crippen MR) is 74.5 cm³/mol. The first-order valence-corrected chi connectivity index (χ1v) is 6.51. The Labute approximate surface area is 117 Å². The van der Waals surface area contributed by atoms with Crippen molar-refractivity contribution in [3.05, 3.63) is 52.9 Å². The number of nitrogens with zero attached hydrogens (tertiary/aromatic N) is 3. The van der Waals surface area contributed by atoms with E-state index in [2.05, 4.69) is 34.0 Å². The van der Waals surface area contributed by atoms with Gasteiger partial charge in [-0.05, 0) is 31.4 Å². The number of carbonyl (C=O) groups is 1. The summed E-state index contributed by atoms with van der Waals surface area (Å²) in [5.74, 6) is 0.610. The van der Waals surface area contributed by atoms with Gasteiger partial charge in [0.15, 0.2) is 0 Å². The van der Waals surface area contributed by atoms with Crippen LogP contribution in [0, 0.1) is 13.8 Å². The number of aliphatic carboxylic acids is 1. The van der Waals surface area contributed by atoms with Crippen LogP contribution in [0.2, 0.25) is 0 Å². The van der Waals surface area contributed by atoms with Crippen LogP contribution in [0.4, 0.5) is 0 Å². The highest BCUT2D eigenvalue weighted by molar-refractivity contribution is 5.68. The Morgan fingerprint density at radius 1 is 1.05 bits per heavy atom. The molecule has 5 nitrogen and oxygen atoms in total. The molecule has 0 amide bonds. The largest absolute Gasteiger partial charge is 0.481 e. The van der Waals surface area contributed by atoms with E-state index in [9.17, 15) is 4.79 Å². The second kappa shape index (κ2) is 6.23. The molecule has 1 aromatic heterocycles. The van der Waals surface area contributed by atoms with Crippen molar-refractivity contribution in [2.75, 3.05) is 0 Å². The Hall–Kier alpha value is -2.30. The molecule has 0 fully saturated rings. The van der Waals surface area contributed by atoms with Gasteiger partial charge < -0.3 is 5.11 Å². The van der Waals surface area contributed by atoms with Crippen LogP contribution in [-0.4, -0.2) is 26.0 Å². The first kappa shape index (κ1) is 14.1. The molecule has 0 bridgehead atoms. The zero-order valence-electron chi connectivity index (χ0n) is 11.6. The van der Waals surface area contributed by atoms with Gasteiger partial charge in [-0.2, -0.15) is 0 Å². The monoisotopic (exact) mass is 271 g/mol. The van der Waals surface area contributed by atoms with Crippen molar-refractivity contribution in [1.29, 1.82) is 0 Å². The molecule has 104 valence electrons. The highest BCUT2D eigenvalue weighted by Crippen LogP contribution is 2.10. The second-order valence-corrected chi connectivity index (χ2v) is 4.71. The van der Waals surface area contributed by atoms with Crippen molar-refractivity contribution in [1.82, 2.24) is 15.0 Å². The summed E-state index contributed by atoms with van der Waals surface area (Å²) in [5.41, 5.74) is 2.49. The number of hydrogen-bond acceptors (Lipinski definition) is 4. The van der Waals surface area contributed by atoms with Crippen LogP contribution in [0.15, 0.2) is 24.3 Å². The lowest BCUT2D eigenvalue weighted by molar-refractivity contribution is -0.136. The standard InChI is InChI=1S/C15H17N3O2/c1-10-5-3-4-6-12(10)7-8-13-16-11(2)17-14(18-13)9-15(19)20/h3-6H,7-9H2,1-2H3,(H,19,20). The molecule has 1 aromatic carbocycles. The molecule has 0 aliphatic heterocycles. The summed E-state index contributed by atoms with van der Waals surface area (Å²) in [6.45, 7) is 3.83. The number of carboxylic acids is 1. The van der Waals surface area contributed by atoms with Crippen LogP contribution in [0.25, 0.3) is 0 Å². The van der Waals surface area contributed by atoms with E-state index in [0.717, 1.165) is 6.42 Å². The van der Waals surface area contributed by atoms with Gasteiger partial charge in [-0.3, -0.25) is 4.79 Å². The first-order valence-electron chi connectivity index (χ1n) is 6.51. The minimum absolute atomic E-state index is 0.166. The fourth-order valence-electron chi connectivity index (χ4n) is 2.06. The summed E-state index contributed by atoms with van der Waals surface area (Å²) < 4.78 is 0. The third-order valence-electron chi connectivity index (χ3n) is 3.03. The van der Waals surface area contributed by atoms with E-state index in [-0.39, 0.29) is 6.42 Å². The van der Waals surface area contributed by atoms with Gasteiger partial charge in [0, 0.05) is 6.42 Å². The van der Waals surface area contributed by atoms with Crippen molar-refractivity contribution in [3.63, 3.8) is 0 Å². The van der Waals surface area contributed by atoms with E-state index in [4.69, 9.17) is 5.11 Å². The average molecular weight is 271 g/mol. The molecule has 0 saturated carbocycles. The summed E-state index contributed by atoms with van der Waals surface area (Å²) in [6, 6.07) is 8.18. The lowest BCUT2D eigenvalue weighted by atomic mass is 10.0. The molecule has 0 saturated heterocycles. The van der Waals surface area contributed by atoms with Crippen molar-refractivity contribution < 1.29 is 9.90 Å². The van der Waals surface area contributed by atoms with Gasteiger partial charge in [-0.15, -0.1) is 0 Å². The Bertz CT molecular complexity index is 626. The van der Waals surface area contributed by atoms with Crippen LogP contribution in [0.1, 0.15) is 28.6 Å². The lowest BCUT2D eigenvalue weighted by Crippen LogP contribution is -2.11. The maximum absolute atomic E-state index is 10.7. The van der Waals surface area contributed by atoms with E-state index in [1.807, 2.05) is 12.1 Å². The van der Waals surface area contributed by atoms with Gasteiger partial charge in [0.05, 0.1) is 0 Å². The van der Waals surface area contributed by atoms with E-state index < -0.39 is 5.97 Å². The summed E-state index contributed by atoms with van der Waals surface area (Å²) in [6.07, 6.45) is 1.35. The van der Waals surface area contributed by atoms with Crippen LogP contribution < -0.4 is 0 Å². The van der Waals surface area contributed by atoms with Crippen LogP contribution >= 0.6 is 0 Å². The number of carboxylic acid groups (broad SMARTS) is 1. The molecule has 0 radical (unpaired) electrons. The molecule has 1 heterocycles. The zero-order valence-corrected chi connectivity index (χ0v) is 11.6. The molecule has 20 heavy (non-hydrogen) atoms. The van der Waals surface area contributed by atoms with Crippen molar-refractivity contribution in [2.24, 2.45) is 0 Å². The quantitative estimate of drug-likeness (QED) is 0.898. The fraction of sp³-hybridized carbons (Fsp3) is 0.333. The molecule has 1 N–H and O–H groups in total. The average Bonchev–Trinajstić information content (AvgIpc) is 2.36. The van der Waals surface area contributed by atoms with Gasteiger partial charge in [0.2, 0.25) is 0 Å². The number of benzene rings is 1. The molecular formula is C15H17N3O2. The van der Waals surface area contributed by atoms with Gasteiger partial charge in [-0.25, -0.2) is 15.0 Å². The Kier molecular flexibility index (Phi) is 4.40. The van der Waals surface area contributed by atoms with E-state index in [1.54, 1.807) is 6.92 Å². The smallest absolute Gasteiger partial charge is 0.311 e. The number of rotatable bonds is 5. The molecule has 0 atom stereocenters. The highest BCUT2D eigenvalue weighted by Gasteiger charge is 2.08. The van der Waals surface area contributed by atoms with E-state index in [1.165, 1.54) is 11.1 Å². The Balaban J connectivity index is 2.11. The topological polar surface area (TPSA) is 76.0 Å². The first-order chi connectivity index (χ1) is 9.54. The molecule has 0 aliphatic carbocycles. The van der Waals surface area contributed by atoms with Gasteiger partial charge in [0.25, 0.3) is 0 Å². The Morgan fingerprint density at radius 2 is 1.75 bits per heavy atom.